The third-order valence-electron chi connectivity index (χ3n) is 6.48. The number of aromatic amines is 1. The molecular weight excluding hydrogens is 338 g/mol. The van der Waals surface area contributed by atoms with Gasteiger partial charge in [0.15, 0.2) is 0 Å². The molecule has 1 amide bonds. The fraction of sp³-hybridized carbons (Fsp3) is 0.591. The van der Waals surface area contributed by atoms with Crippen molar-refractivity contribution in [1.29, 1.82) is 0 Å². The van der Waals surface area contributed by atoms with Crippen molar-refractivity contribution in [3.05, 3.63) is 36.0 Å². The van der Waals surface area contributed by atoms with Gasteiger partial charge < -0.3 is 19.5 Å². The Labute approximate surface area is 160 Å². The summed E-state index contributed by atoms with van der Waals surface area (Å²) < 4.78 is 6.02. The van der Waals surface area contributed by atoms with E-state index in [1.807, 2.05) is 30.5 Å². The fourth-order valence-corrected chi connectivity index (χ4v) is 4.90. The first kappa shape index (κ1) is 17.3. The van der Waals surface area contributed by atoms with Gasteiger partial charge in [-0.3, -0.25) is 4.79 Å². The highest BCUT2D eigenvalue weighted by atomic mass is 16.5. The Morgan fingerprint density at radius 1 is 1.22 bits per heavy atom. The largest absolute Gasteiger partial charge is 0.379 e. The summed E-state index contributed by atoms with van der Waals surface area (Å²) in [6.45, 7) is 6.61. The molecular formula is C22H29N3O2. The van der Waals surface area contributed by atoms with Gasteiger partial charge in [-0.2, -0.15) is 0 Å². The van der Waals surface area contributed by atoms with Crippen LogP contribution in [0.2, 0.25) is 0 Å². The zero-order valence-electron chi connectivity index (χ0n) is 16.0. The van der Waals surface area contributed by atoms with Crippen LogP contribution in [-0.2, 0) is 4.74 Å². The highest BCUT2D eigenvalue weighted by Gasteiger charge is 2.41. The number of H-pyrrole nitrogens is 1. The number of aromatic nitrogens is 1. The molecule has 5 rings (SSSR count). The van der Waals surface area contributed by atoms with Gasteiger partial charge in [-0.1, -0.05) is 0 Å². The second-order valence-electron chi connectivity index (χ2n) is 8.84. The second-order valence-corrected chi connectivity index (χ2v) is 8.84. The molecule has 0 bridgehead atoms. The summed E-state index contributed by atoms with van der Waals surface area (Å²) in [5.41, 5.74) is 1.97. The molecule has 0 unspecified atom stereocenters. The molecule has 1 atom stereocenters. The number of hydrogen-bond acceptors (Lipinski definition) is 3. The predicted molar refractivity (Wildman–Crippen MR) is 106 cm³/mol. The number of benzene rings is 1. The van der Waals surface area contributed by atoms with Gasteiger partial charge >= 0.3 is 0 Å². The maximum absolute atomic E-state index is 13.2. The van der Waals surface area contributed by atoms with Gasteiger partial charge in [0.25, 0.3) is 5.91 Å². The number of amides is 1. The van der Waals surface area contributed by atoms with Crippen molar-refractivity contribution in [3.63, 3.8) is 0 Å². The molecule has 2 aromatic rings. The maximum Gasteiger partial charge on any atom is 0.253 e. The Kier molecular flexibility index (Phi) is 4.44. The first-order chi connectivity index (χ1) is 13.2. The van der Waals surface area contributed by atoms with Gasteiger partial charge in [0, 0.05) is 60.8 Å². The minimum atomic E-state index is 0.0947. The number of ether oxygens (including phenoxy) is 1. The molecule has 27 heavy (non-hydrogen) atoms. The number of nitrogens with one attached hydrogen (secondary N) is 1. The van der Waals surface area contributed by atoms with E-state index in [1.54, 1.807) is 0 Å². The van der Waals surface area contributed by atoms with Crippen molar-refractivity contribution in [2.24, 2.45) is 11.3 Å². The van der Waals surface area contributed by atoms with Crippen molar-refractivity contribution < 1.29 is 9.53 Å². The van der Waals surface area contributed by atoms with Gasteiger partial charge in [0.1, 0.15) is 0 Å². The quantitative estimate of drug-likeness (QED) is 0.907. The Hall–Kier alpha value is -1.85. The first-order valence-electron chi connectivity index (χ1n) is 10.4. The van der Waals surface area contributed by atoms with Crippen LogP contribution in [0.15, 0.2) is 30.5 Å². The molecule has 1 N–H and O–H groups in total. The number of likely N-dealkylation sites (tertiary alicyclic amines) is 1. The van der Waals surface area contributed by atoms with E-state index in [9.17, 15) is 4.79 Å². The van der Waals surface area contributed by atoms with Crippen molar-refractivity contribution in [2.45, 2.75) is 25.7 Å². The molecule has 5 heteroatoms. The van der Waals surface area contributed by atoms with Gasteiger partial charge in [0.05, 0.1) is 13.2 Å². The molecule has 3 fully saturated rings. The SMILES string of the molecule is O=C(c1ccc2[nH]ccc2c1)N1CCC[C@@]2(COCCN(CC3CC3)C2)C1. The molecule has 2 saturated heterocycles. The molecule has 2 aliphatic heterocycles. The monoisotopic (exact) mass is 367 g/mol. The smallest absolute Gasteiger partial charge is 0.253 e. The number of carbonyl (C=O) groups excluding carboxylic acids is 1. The van der Waals surface area contributed by atoms with Crippen LogP contribution in [0.1, 0.15) is 36.0 Å². The normalized spacial score (nSPS) is 27.2. The molecule has 3 aliphatic rings. The van der Waals surface area contributed by atoms with Crippen LogP contribution in [-0.4, -0.2) is 66.6 Å². The zero-order chi connectivity index (χ0) is 18.3. The van der Waals surface area contributed by atoms with Gasteiger partial charge in [-0.05, 0) is 55.9 Å². The minimum Gasteiger partial charge on any atom is -0.379 e. The molecule has 1 saturated carbocycles. The number of rotatable bonds is 3. The molecule has 1 aromatic heterocycles. The van der Waals surface area contributed by atoms with E-state index in [0.717, 1.165) is 74.6 Å². The number of nitrogens with zero attached hydrogens (tertiary/aromatic N) is 2. The third-order valence-corrected chi connectivity index (χ3v) is 6.48. The highest BCUT2D eigenvalue weighted by Crippen LogP contribution is 2.36. The lowest BCUT2D eigenvalue weighted by Gasteiger charge is -2.43. The number of hydrogen-bond donors (Lipinski definition) is 1. The van der Waals surface area contributed by atoms with E-state index in [4.69, 9.17) is 4.74 Å². The summed E-state index contributed by atoms with van der Waals surface area (Å²) in [5.74, 6) is 1.06. The van der Waals surface area contributed by atoms with Gasteiger partial charge in [0.2, 0.25) is 0 Å². The summed E-state index contributed by atoms with van der Waals surface area (Å²) in [6, 6.07) is 8.00. The lowest BCUT2D eigenvalue weighted by Crippen LogP contribution is -2.52. The molecule has 0 radical (unpaired) electrons. The molecule has 5 nitrogen and oxygen atoms in total. The van der Waals surface area contributed by atoms with Crippen molar-refractivity contribution in [3.8, 4) is 0 Å². The van der Waals surface area contributed by atoms with Crippen LogP contribution >= 0.6 is 0 Å². The zero-order valence-corrected chi connectivity index (χ0v) is 16.0. The Bertz CT molecular complexity index is 828. The van der Waals surface area contributed by atoms with Crippen LogP contribution < -0.4 is 0 Å². The average Bonchev–Trinajstić information content (AvgIpc) is 3.41. The number of fused-ring (bicyclic) bond motifs is 1. The maximum atomic E-state index is 13.2. The lowest BCUT2D eigenvalue weighted by molar-refractivity contribution is 0.00718. The lowest BCUT2D eigenvalue weighted by atomic mass is 9.79. The fourth-order valence-electron chi connectivity index (χ4n) is 4.90. The van der Waals surface area contributed by atoms with Crippen LogP contribution in [0, 0.1) is 11.3 Å². The van der Waals surface area contributed by atoms with E-state index in [2.05, 4.69) is 14.8 Å². The van der Waals surface area contributed by atoms with E-state index < -0.39 is 0 Å². The Morgan fingerprint density at radius 3 is 3.04 bits per heavy atom. The summed E-state index contributed by atoms with van der Waals surface area (Å²) in [7, 11) is 0. The van der Waals surface area contributed by atoms with Crippen molar-refractivity contribution in [2.75, 3.05) is 45.9 Å². The topological polar surface area (TPSA) is 48.6 Å². The molecule has 3 heterocycles. The summed E-state index contributed by atoms with van der Waals surface area (Å²) in [4.78, 5) is 21.1. The predicted octanol–water partition coefficient (Wildman–Crippen LogP) is 3.13. The van der Waals surface area contributed by atoms with Crippen molar-refractivity contribution >= 4 is 16.8 Å². The minimum absolute atomic E-state index is 0.0947. The van der Waals surface area contributed by atoms with E-state index in [0.29, 0.717) is 0 Å². The highest BCUT2D eigenvalue weighted by molar-refractivity contribution is 5.98. The Morgan fingerprint density at radius 2 is 2.15 bits per heavy atom. The van der Waals surface area contributed by atoms with Gasteiger partial charge in [-0.25, -0.2) is 0 Å². The summed E-state index contributed by atoms with van der Waals surface area (Å²) in [6.07, 6.45) is 6.92. The Balaban J connectivity index is 1.33. The number of carbonyl (C=O) groups is 1. The van der Waals surface area contributed by atoms with E-state index in [-0.39, 0.29) is 11.3 Å². The van der Waals surface area contributed by atoms with Crippen LogP contribution in [0.25, 0.3) is 10.9 Å². The molecule has 1 aromatic carbocycles. The van der Waals surface area contributed by atoms with Crippen LogP contribution in [0.3, 0.4) is 0 Å². The molecule has 1 aliphatic carbocycles. The summed E-state index contributed by atoms with van der Waals surface area (Å²) >= 11 is 0. The van der Waals surface area contributed by atoms with E-state index >= 15 is 0 Å². The van der Waals surface area contributed by atoms with E-state index in [1.165, 1.54) is 19.4 Å². The summed E-state index contributed by atoms with van der Waals surface area (Å²) in [5, 5.41) is 1.10. The van der Waals surface area contributed by atoms with Crippen molar-refractivity contribution in [1.82, 2.24) is 14.8 Å². The molecule has 1 spiro atoms. The van der Waals surface area contributed by atoms with Gasteiger partial charge in [-0.15, -0.1) is 0 Å². The number of piperidine rings is 1. The molecule has 144 valence electrons. The third kappa shape index (κ3) is 3.63. The average molecular weight is 367 g/mol. The van der Waals surface area contributed by atoms with Crippen LogP contribution in [0.5, 0.6) is 0 Å². The van der Waals surface area contributed by atoms with Crippen LogP contribution in [0.4, 0.5) is 0 Å². The second kappa shape index (κ2) is 6.95. The standard InChI is InChI=1S/C22H29N3O2/c26-21(19-4-5-20-18(12-19)6-8-23-20)25-9-1-7-22(15-25)14-24(10-11-27-16-22)13-17-2-3-17/h4-6,8,12,17,23H,1-3,7,9-11,13-16H2/t22-/m0/s1. The first-order valence-corrected chi connectivity index (χ1v) is 10.4.